The smallest absolute Gasteiger partial charge is 0.0672 e. The fourth-order valence-corrected chi connectivity index (χ4v) is 3.08. The third-order valence-corrected chi connectivity index (χ3v) is 4.18. The van der Waals surface area contributed by atoms with Crippen molar-refractivity contribution in [3.63, 3.8) is 0 Å². The number of benzene rings is 1. The van der Waals surface area contributed by atoms with Crippen LogP contribution in [0.15, 0.2) is 34.9 Å². The van der Waals surface area contributed by atoms with E-state index in [-0.39, 0.29) is 0 Å². The van der Waals surface area contributed by atoms with Gasteiger partial charge in [-0.1, -0.05) is 28.1 Å². The van der Waals surface area contributed by atoms with E-state index in [0.717, 1.165) is 35.7 Å². The number of nitrogens with one attached hydrogen (secondary N) is 1. The summed E-state index contributed by atoms with van der Waals surface area (Å²) in [6.07, 6.45) is 3.43. The van der Waals surface area contributed by atoms with Crippen molar-refractivity contribution in [2.45, 2.75) is 19.9 Å². The summed E-state index contributed by atoms with van der Waals surface area (Å²) < 4.78 is 3.21. The molecule has 3 nitrogen and oxygen atoms in total. The molecule has 2 aromatic rings. The standard InChI is InChI=1S/C15H18BrN3/c1-11-15(13-3-2-4-14(16)7-13)10-19(18-11)9-12-5-6-17-8-12/h2-4,7,10,12,17H,5-6,8-9H2,1H3. The second-order valence-electron chi connectivity index (χ2n) is 5.22. The second-order valence-corrected chi connectivity index (χ2v) is 6.14. The van der Waals surface area contributed by atoms with Crippen LogP contribution in [-0.2, 0) is 6.54 Å². The lowest BCUT2D eigenvalue weighted by Gasteiger charge is -2.07. The van der Waals surface area contributed by atoms with Crippen LogP contribution in [-0.4, -0.2) is 22.9 Å². The van der Waals surface area contributed by atoms with Crippen LogP contribution >= 0.6 is 15.9 Å². The molecular weight excluding hydrogens is 302 g/mol. The fourth-order valence-electron chi connectivity index (χ4n) is 2.69. The average molecular weight is 320 g/mol. The van der Waals surface area contributed by atoms with Gasteiger partial charge in [-0.3, -0.25) is 4.68 Å². The molecule has 1 N–H and O–H groups in total. The number of rotatable bonds is 3. The van der Waals surface area contributed by atoms with E-state index in [4.69, 9.17) is 0 Å². The van der Waals surface area contributed by atoms with Crippen LogP contribution in [0.2, 0.25) is 0 Å². The SMILES string of the molecule is Cc1nn(CC2CCNC2)cc1-c1cccc(Br)c1. The minimum atomic E-state index is 0.717. The number of nitrogens with zero attached hydrogens (tertiary/aromatic N) is 2. The molecule has 0 saturated carbocycles. The quantitative estimate of drug-likeness (QED) is 0.941. The summed E-state index contributed by atoms with van der Waals surface area (Å²) in [5, 5.41) is 8.06. The minimum Gasteiger partial charge on any atom is -0.316 e. The van der Waals surface area contributed by atoms with Gasteiger partial charge in [0.25, 0.3) is 0 Å². The molecule has 1 fully saturated rings. The molecule has 0 aliphatic carbocycles. The molecule has 0 spiro atoms. The highest BCUT2D eigenvalue weighted by atomic mass is 79.9. The molecule has 1 atom stereocenters. The molecule has 1 aromatic heterocycles. The maximum Gasteiger partial charge on any atom is 0.0672 e. The Morgan fingerprint density at radius 3 is 3.11 bits per heavy atom. The van der Waals surface area contributed by atoms with Gasteiger partial charge in [0.05, 0.1) is 5.69 Å². The van der Waals surface area contributed by atoms with Crippen LogP contribution in [0.1, 0.15) is 12.1 Å². The average Bonchev–Trinajstić information content (AvgIpc) is 3.00. The first-order chi connectivity index (χ1) is 9.22. The van der Waals surface area contributed by atoms with Crippen LogP contribution in [0, 0.1) is 12.8 Å². The lowest BCUT2D eigenvalue weighted by atomic mass is 10.1. The Labute approximate surface area is 122 Å². The molecule has 1 aliphatic heterocycles. The van der Waals surface area contributed by atoms with Crippen molar-refractivity contribution < 1.29 is 0 Å². The van der Waals surface area contributed by atoms with Gasteiger partial charge in [0.15, 0.2) is 0 Å². The third-order valence-electron chi connectivity index (χ3n) is 3.69. The van der Waals surface area contributed by atoms with E-state index in [1.54, 1.807) is 0 Å². The van der Waals surface area contributed by atoms with Crippen molar-refractivity contribution in [2.24, 2.45) is 5.92 Å². The molecular formula is C15H18BrN3. The van der Waals surface area contributed by atoms with Crippen molar-refractivity contribution in [3.8, 4) is 11.1 Å². The van der Waals surface area contributed by atoms with Crippen LogP contribution in [0.5, 0.6) is 0 Å². The summed E-state index contributed by atoms with van der Waals surface area (Å²) in [6, 6.07) is 8.40. The predicted molar refractivity (Wildman–Crippen MR) is 81.1 cm³/mol. The molecule has 0 bridgehead atoms. The Morgan fingerprint density at radius 1 is 1.47 bits per heavy atom. The van der Waals surface area contributed by atoms with E-state index in [9.17, 15) is 0 Å². The predicted octanol–water partition coefficient (Wildman–Crippen LogP) is 3.23. The van der Waals surface area contributed by atoms with Crippen molar-refractivity contribution in [3.05, 3.63) is 40.6 Å². The summed E-state index contributed by atoms with van der Waals surface area (Å²) in [5.41, 5.74) is 3.55. The normalized spacial score (nSPS) is 18.9. The van der Waals surface area contributed by atoms with E-state index in [0.29, 0.717) is 0 Å². The fraction of sp³-hybridized carbons (Fsp3) is 0.400. The first kappa shape index (κ1) is 12.9. The lowest BCUT2D eigenvalue weighted by molar-refractivity contribution is 0.448. The molecule has 4 heteroatoms. The van der Waals surface area contributed by atoms with E-state index < -0.39 is 0 Å². The number of aromatic nitrogens is 2. The largest absolute Gasteiger partial charge is 0.316 e. The summed E-state index contributed by atoms with van der Waals surface area (Å²) in [5.74, 6) is 0.717. The summed E-state index contributed by atoms with van der Waals surface area (Å²) in [7, 11) is 0. The molecule has 3 rings (SSSR count). The highest BCUT2D eigenvalue weighted by Crippen LogP contribution is 2.25. The molecule has 100 valence electrons. The molecule has 2 heterocycles. The number of aryl methyl sites for hydroxylation is 1. The maximum atomic E-state index is 4.65. The van der Waals surface area contributed by atoms with Crippen molar-refractivity contribution in [1.82, 2.24) is 15.1 Å². The highest BCUT2D eigenvalue weighted by molar-refractivity contribution is 9.10. The van der Waals surface area contributed by atoms with E-state index in [1.165, 1.54) is 17.5 Å². The van der Waals surface area contributed by atoms with Gasteiger partial charge in [-0.2, -0.15) is 5.10 Å². The van der Waals surface area contributed by atoms with Crippen LogP contribution < -0.4 is 5.32 Å². The Morgan fingerprint density at radius 2 is 2.37 bits per heavy atom. The van der Waals surface area contributed by atoms with Gasteiger partial charge >= 0.3 is 0 Å². The summed E-state index contributed by atoms with van der Waals surface area (Å²) in [6.45, 7) is 5.36. The molecule has 1 unspecified atom stereocenters. The van der Waals surface area contributed by atoms with Crippen molar-refractivity contribution in [1.29, 1.82) is 0 Å². The lowest BCUT2D eigenvalue weighted by Crippen LogP contribution is -2.14. The number of hydrogen-bond donors (Lipinski definition) is 1. The van der Waals surface area contributed by atoms with Gasteiger partial charge < -0.3 is 5.32 Å². The molecule has 0 radical (unpaired) electrons. The molecule has 1 aliphatic rings. The zero-order valence-corrected chi connectivity index (χ0v) is 12.7. The highest BCUT2D eigenvalue weighted by Gasteiger charge is 2.16. The van der Waals surface area contributed by atoms with Crippen LogP contribution in [0.3, 0.4) is 0 Å². The first-order valence-corrected chi connectivity index (χ1v) is 7.52. The summed E-state index contributed by atoms with van der Waals surface area (Å²) >= 11 is 3.53. The topological polar surface area (TPSA) is 29.9 Å². The molecule has 19 heavy (non-hydrogen) atoms. The second kappa shape index (κ2) is 5.47. The molecule has 1 saturated heterocycles. The molecule has 1 aromatic carbocycles. The van der Waals surface area contributed by atoms with Crippen molar-refractivity contribution >= 4 is 15.9 Å². The number of hydrogen-bond acceptors (Lipinski definition) is 2. The van der Waals surface area contributed by atoms with Gasteiger partial charge in [-0.05, 0) is 50.0 Å². The zero-order valence-electron chi connectivity index (χ0n) is 11.1. The minimum absolute atomic E-state index is 0.717. The third kappa shape index (κ3) is 2.90. The van der Waals surface area contributed by atoms with Gasteiger partial charge in [0.2, 0.25) is 0 Å². The Kier molecular flexibility index (Phi) is 3.71. The van der Waals surface area contributed by atoms with Gasteiger partial charge in [-0.25, -0.2) is 0 Å². The Hall–Kier alpha value is -1.13. The monoisotopic (exact) mass is 319 g/mol. The zero-order chi connectivity index (χ0) is 13.2. The van der Waals surface area contributed by atoms with E-state index in [2.05, 4.69) is 62.3 Å². The first-order valence-electron chi connectivity index (χ1n) is 6.73. The van der Waals surface area contributed by atoms with Crippen LogP contribution in [0.25, 0.3) is 11.1 Å². The molecule has 0 amide bonds. The Balaban J connectivity index is 1.84. The van der Waals surface area contributed by atoms with Gasteiger partial charge in [-0.15, -0.1) is 0 Å². The van der Waals surface area contributed by atoms with Gasteiger partial charge in [0.1, 0.15) is 0 Å². The van der Waals surface area contributed by atoms with E-state index in [1.807, 2.05) is 6.07 Å². The number of halogens is 1. The van der Waals surface area contributed by atoms with Crippen LogP contribution in [0.4, 0.5) is 0 Å². The Bertz CT molecular complexity index is 571. The van der Waals surface area contributed by atoms with Gasteiger partial charge in [0, 0.05) is 22.8 Å². The van der Waals surface area contributed by atoms with Crippen molar-refractivity contribution in [2.75, 3.05) is 13.1 Å². The van der Waals surface area contributed by atoms with E-state index >= 15 is 0 Å². The maximum absolute atomic E-state index is 4.65. The summed E-state index contributed by atoms with van der Waals surface area (Å²) in [4.78, 5) is 0.